The maximum absolute atomic E-state index is 12.7. The molecule has 0 bridgehead atoms. The number of carbonyl (C=O) groups excluding carboxylic acids is 1. The third-order valence-corrected chi connectivity index (χ3v) is 6.30. The van der Waals surface area contributed by atoms with Gasteiger partial charge in [0.05, 0.1) is 23.9 Å². The van der Waals surface area contributed by atoms with Crippen LogP contribution in [0.3, 0.4) is 0 Å². The number of amides is 1. The number of carboxylic acids is 1. The number of aromatic nitrogens is 2. The van der Waals surface area contributed by atoms with Crippen LogP contribution in [-0.4, -0.2) is 53.3 Å². The van der Waals surface area contributed by atoms with Crippen molar-refractivity contribution in [2.75, 3.05) is 20.3 Å². The summed E-state index contributed by atoms with van der Waals surface area (Å²) in [5, 5.41) is 12.2. The summed E-state index contributed by atoms with van der Waals surface area (Å²) >= 11 is 6.12. The topological polar surface area (TPSA) is 111 Å². The molecule has 2 aromatic heterocycles. The van der Waals surface area contributed by atoms with Crippen molar-refractivity contribution in [3.63, 3.8) is 0 Å². The van der Waals surface area contributed by atoms with E-state index in [1.165, 1.54) is 37.4 Å². The molecule has 1 amide bonds. The van der Waals surface area contributed by atoms with Gasteiger partial charge in [-0.05, 0) is 63.5 Å². The fourth-order valence-electron chi connectivity index (χ4n) is 4.12. The molecule has 2 aromatic rings. The molecular formula is C25H32ClN3O5. The Kier molecular flexibility index (Phi) is 9.65. The molecule has 1 atom stereocenters. The first-order chi connectivity index (χ1) is 16.4. The van der Waals surface area contributed by atoms with Crippen molar-refractivity contribution in [2.45, 2.75) is 64.3 Å². The minimum absolute atomic E-state index is 0.129. The molecule has 1 aliphatic rings. The highest BCUT2D eigenvalue weighted by Crippen LogP contribution is 2.25. The number of halogens is 1. The predicted molar refractivity (Wildman–Crippen MR) is 129 cm³/mol. The zero-order chi connectivity index (χ0) is 24.5. The SMILES string of the molecule is COc1ncc(Cl)c(C(=O)NC(CCOCCCCc2ccc3c(n2)CCCC3)C(=O)O)c1C. The van der Waals surface area contributed by atoms with Crippen molar-refractivity contribution in [3.8, 4) is 5.88 Å². The van der Waals surface area contributed by atoms with E-state index in [1.807, 2.05) is 0 Å². The van der Waals surface area contributed by atoms with Gasteiger partial charge in [0.1, 0.15) is 6.04 Å². The molecule has 0 spiro atoms. The van der Waals surface area contributed by atoms with Crippen LogP contribution in [0.15, 0.2) is 18.3 Å². The van der Waals surface area contributed by atoms with E-state index in [-0.39, 0.29) is 29.5 Å². The van der Waals surface area contributed by atoms with E-state index >= 15 is 0 Å². The number of nitrogens with one attached hydrogen (secondary N) is 1. The molecule has 34 heavy (non-hydrogen) atoms. The van der Waals surface area contributed by atoms with E-state index in [4.69, 9.17) is 26.1 Å². The van der Waals surface area contributed by atoms with Crippen molar-refractivity contribution in [3.05, 3.63) is 51.4 Å². The first-order valence-electron chi connectivity index (χ1n) is 11.7. The molecule has 9 heteroatoms. The molecule has 0 aliphatic heterocycles. The Morgan fingerprint density at radius 1 is 1.21 bits per heavy atom. The molecule has 1 unspecified atom stereocenters. The van der Waals surface area contributed by atoms with E-state index in [0.29, 0.717) is 12.2 Å². The van der Waals surface area contributed by atoms with Crippen LogP contribution in [0, 0.1) is 6.92 Å². The van der Waals surface area contributed by atoms with Crippen molar-refractivity contribution in [1.29, 1.82) is 0 Å². The number of methoxy groups -OCH3 is 1. The zero-order valence-corrected chi connectivity index (χ0v) is 20.5. The summed E-state index contributed by atoms with van der Waals surface area (Å²) in [6.45, 7) is 2.39. The quantitative estimate of drug-likeness (QED) is 0.434. The van der Waals surface area contributed by atoms with Gasteiger partial charge in [0.25, 0.3) is 5.91 Å². The largest absolute Gasteiger partial charge is 0.481 e. The number of ether oxygens (including phenoxy) is 2. The molecule has 2 N–H and O–H groups in total. The van der Waals surface area contributed by atoms with Gasteiger partial charge >= 0.3 is 5.97 Å². The summed E-state index contributed by atoms with van der Waals surface area (Å²) < 4.78 is 10.7. The molecule has 8 nitrogen and oxygen atoms in total. The van der Waals surface area contributed by atoms with Crippen molar-refractivity contribution in [2.24, 2.45) is 0 Å². The fraction of sp³-hybridized carbons (Fsp3) is 0.520. The second-order valence-corrected chi connectivity index (χ2v) is 8.86. The summed E-state index contributed by atoms with van der Waals surface area (Å²) in [5.74, 6) is -1.46. The molecule has 0 radical (unpaired) electrons. The number of aliphatic carboxylic acids is 1. The maximum Gasteiger partial charge on any atom is 0.326 e. The van der Waals surface area contributed by atoms with Gasteiger partial charge in [-0.15, -0.1) is 0 Å². The van der Waals surface area contributed by atoms with E-state index < -0.39 is 17.9 Å². The van der Waals surface area contributed by atoms with E-state index in [9.17, 15) is 14.7 Å². The molecule has 0 saturated carbocycles. The lowest BCUT2D eigenvalue weighted by Crippen LogP contribution is -2.42. The molecule has 0 saturated heterocycles. The number of carboxylic acid groups (broad SMARTS) is 1. The second-order valence-electron chi connectivity index (χ2n) is 8.45. The molecule has 3 rings (SSSR count). The van der Waals surface area contributed by atoms with Crippen molar-refractivity contribution >= 4 is 23.5 Å². The Morgan fingerprint density at radius 2 is 2.00 bits per heavy atom. The number of unbranched alkanes of at least 4 members (excludes halogenated alkanes) is 1. The fourth-order valence-corrected chi connectivity index (χ4v) is 4.39. The summed E-state index contributed by atoms with van der Waals surface area (Å²) in [7, 11) is 1.44. The van der Waals surface area contributed by atoms with E-state index in [0.717, 1.165) is 37.8 Å². The van der Waals surface area contributed by atoms with Crippen LogP contribution in [0.5, 0.6) is 5.88 Å². The van der Waals surface area contributed by atoms with Crippen LogP contribution >= 0.6 is 11.6 Å². The average molecular weight is 490 g/mol. The second kappa shape index (κ2) is 12.7. The third-order valence-electron chi connectivity index (χ3n) is 6.01. The number of rotatable bonds is 12. The Hall–Kier alpha value is -2.71. The van der Waals surface area contributed by atoms with Crippen molar-refractivity contribution in [1.82, 2.24) is 15.3 Å². The highest BCUT2D eigenvalue weighted by atomic mass is 35.5. The van der Waals surface area contributed by atoms with Crippen LogP contribution < -0.4 is 10.1 Å². The van der Waals surface area contributed by atoms with E-state index in [1.54, 1.807) is 6.92 Å². The molecule has 0 aromatic carbocycles. The van der Waals surface area contributed by atoms with Gasteiger partial charge in [-0.25, -0.2) is 9.78 Å². The van der Waals surface area contributed by atoms with Crippen LogP contribution in [0.2, 0.25) is 5.02 Å². The average Bonchev–Trinajstić information content (AvgIpc) is 2.82. The summed E-state index contributed by atoms with van der Waals surface area (Å²) in [6.07, 6.45) is 8.85. The van der Waals surface area contributed by atoms with Gasteiger partial charge in [-0.1, -0.05) is 17.7 Å². The number of carbonyl (C=O) groups is 2. The van der Waals surface area contributed by atoms with Crippen molar-refractivity contribution < 1.29 is 24.2 Å². The van der Waals surface area contributed by atoms with Gasteiger partial charge in [0, 0.05) is 36.6 Å². The highest BCUT2D eigenvalue weighted by Gasteiger charge is 2.24. The highest BCUT2D eigenvalue weighted by molar-refractivity contribution is 6.34. The Balaban J connectivity index is 1.40. The van der Waals surface area contributed by atoms with Crippen LogP contribution in [0.1, 0.15) is 65.0 Å². The predicted octanol–water partition coefficient (Wildman–Crippen LogP) is 3.94. The molecule has 0 fully saturated rings. The minimum atomic E-state index is -1.13. The number of hydrogen-bond acceptors (Lipinski definition) is 6. The third kappa shape index (κ3) is 6.90. The maximum atomic E-state index is 12.7. The first kappa shape index (κ1) is 25.9. The van der Waals surface area contributed by atoms with Gasteiger partial charge in [0.2, 0.25) is 5.88 Å². The normalized spacial score (nSPS) is 13.7. The zero-order valence-electron chi connectivity index (χ0n) is 19.7. The summed E-state index contributed by atoms with van der Waals surface area (Å²) in [6, 6.07) is 3.24. The number of nitrogens with zero attached hydrogens (tertiary/aromatic N) is 2. The standard InChI is InChI=1S/C25H32ClN3O5/c1-16-22(19(26)15-27-24(16)33-2)23(30)29-21(25(31)32)12-14-34-13-6-5-8-18-11-10-17-7-3-4-9-20(17)28-18/h10-11,15,21H,3-9,12-14H2,1-2H3,(H,29,30)(H,31,32). The van der Waals surface area contributed by atoms with Gasteiger partial charge in [-0.2, -0.15) is 0 Å². The smallest absolute Gasteiger partial charge is 0.326 e. The lowest BCUT2D eigenvalue weighted by Gasteiger charge is -2.17. The Bertz CT molecular complexity index is 1010. The molecule has 2 heterocycles. The molecular weight excluding hydrogens is 458 g/mol. The lowest BCUT2D eigenvalue weighted by atomic mass is 9.95. The monoisotopic (exact) mass is 489 g/mol. The molecule has 184 valence electrons. The van der Waals surface area contributed by atoms with Crippen LogP contribution in [0.4, 0.5) is 0 Å². The summed E-state index contributed by atoms with van der Waals surface area (Å²) in [4.78, 5) is 33.1. The lowest BCUT2D eigenvalue weighted by molar-refractivity contribution is -0.139. The van der Waals surface area contributed by atoms with Gasteiger partial charge in [-0.3, -0.25) is 9.78 Å². The number of aryl methyl sites for hydroxylation is 3. The van der Waals surface area contributed by atoms with E-state index in [2.05, 4.69) is 22.4 Å². The number of pyridine rings is 2. The Morgan fingerprint density at radius 3 is 2.76 bits per heavy atom. The van der Waals surface area contributed by atoms with Crippen LogP contribution in [-0.2, 0) is 28.8 Å². The molecule has 1 aliphatic carbocycles. The minimum Gasteiger partial charge on any atom is -0.481 e. The first-order valence-corrected chi connectivity index (χ1v) is 12.1. The van der Waals surface area contributed by atoms with Gasteiger partial charge in [0.15, 0.2) is 0 Å². The summed E-state index contributed by atoms with van der Waals surface area (Å²) in [5.41, 5.74) is 4.36. The number of fused-ring (bicyclic) bond motifs is 1. The van der Waals surface area contributed by atoms with Crippen LogP contribution in [0.25, 0.3) is 0 Å². The Labute approximate surface area is 205 Å². The van der Waals surface area contributed by atoms with Gasteiger partial charge < -0.3 is 19.9 Å². The number of hydrogen-bond donors (Lipinski definition) is 2.